The van der Waals surface area contributed by atoms with E-state index in [1.165, 1.54) is 0 Å². The zero-order valence-electron chi connectivity index (χ0n) is 29.0. The maximum Gasteiger partial charge on any atom is 0.303 e. The number of aliphatic carboxylic acids is 1. The quantitative estimate of drug-likeness (QED) is 0.167. The fourth-order valence-electron chi connectivity index (χ4n) is 5.79. The Morgan fingerprint density at radius 1 is 1.00 bits per heavy atom. The molecule has 0 saturated carbocycles. The highest BCUT2D eigenvalue weighted by Gasteiger charge is 2.45. The summed E-state index contributed by atoms with van der Waals surface area (Å²) in [4.78, 5) is 58.7. The zero-order valence-corrected chi connectivity index (χ0v) is 29.8. The second kappa shape index (κ2) is 17.4. The molecule has 4 rings (SSSR count). The number of amides is 3. The number of benzene rings is 2. The number of ether oxygens (including phenoxy) is 2. The number of aryl methyl sites for hydroxylation is 1. The summed E-state index contributed by atoms with van der Waals surface area (Å²) in [6, 6.07) is 13.8. The van der Waals surface area contributed by atoms with Crippen LogP contribution in [0.15, 0.2) is 54.0 Å². The van der Waals surface area contributed by atoms with Crippen molar-refractivity contribution in [1.29, 1.82) is 0 Å². The Labute approximate surface area is 292 Å². The lowest BCUT2D eigenvalue weighted by Gasteiger charge is -2.35. The largest absolute Gasteiger partial charge is 0.497 e. The minimum absolute atomic E-state index is 0.0582. The molecule has 11 nitrogen and oxygen atoms in total. The van der Waals surface area contributed by atoms with Gasteiger partial charge in [-0.05, 0) is 54.0 Å². The fraction of sp³-hybridized carbons (Fsp3) is 0.486. The van der Waals surface area contributed by atoms with E-state index < -0.39 is 29.6 Å². The number of thiazole rings is 1. The van der Waals surface area contributed by atoms with Gasteiger partial charge in [0.2, 0.25) is 17.7 Å². The number of aromatic nitrogens is 1. The summed E-state index contributed by atoms with van der Waals surface area (Å²) < 4.78 is 11.5. The van der Waals surface area contributed by atoms with E-state index in [1.807, 2.05) is 81.7 Å². The van der Waals surface area contributed by atoms with Gasteiger partial charge in [0.25, 0.3) is 0 Å². The van der Waals surface area contributed by atoms with E-state index in [0.29, 0.717) is 32.3 Å². The Morgan fingerprint density at radius 3 is 2.29 bits per heavy atom. The number of hydrogen-bond donors (Lipinski definition) is 3. The van der Waals surface area contributed by atoms with Gasteiger partial charge < -0.3 is 30.1 Å². The van der Waals surface area contributed by atoms with Crippen LogP contribution in [0.4, 0.5) is 0 Å². The van der Waals surface area contributed by atoms with Crippen molar-refractivity contribution < 1.29 is 33.8 Å². The van der Waals surface area contributed by atoms with Gasteiger partial charge in [0.15, 0.2) is 0 Å². The van der Waals surface area contributed by atoms with E-state index in [9.17, 15) is 19.2 Å². The van der Waals surface area contributed by atoms with Gasteiger partial charge in [-0.15, -0.1) is 11.3 Å². The Kier molecular flexibility index (Phi) is 13.3. The predicted molar refractivity (Wildman–Crippen MR) is 188 cm³/mol. The fourth-order valence-corrected chi connectivity index (χ4v) is 6.60. The summed E-state index contributed by atoms with van der Waals surface area (Å²) in [6.45, 7) is 8.40. The van der Waals surface area contributed by atoms with Gasteiger partial charge in [-0.25, -0.2) is 4.98 Å². The molecule has 1 saturated heterocycles. The highest BCUT2D eigenvalue weighted by atomic mass is 32.1. The van der Waals surface area contributed by atoms with Gasteiger partial charge in [0.1, 0.15) is 17.8 Å². The molecule has 49 heavy (non-hydrogen) atoms. The molecule has 1 aromatic heterocycles. The molecule has 1 aliphatic heterocycles. The highest BCUT2D eigenvalue weighted by Crippen LogP contribution is 2.29. The maximum absolute atomic E-state index is 14.2. The Bertz CT molecular complexity index is 1570. The van der Waals surface area contributed by atoms with Gasteiger partial charge in [-0.2, -0.15) is 0 Å². The van der Waals surface area contributed by atoms with Crippen LogP contribution in [0.25, 0.3) is 10.4 Å². The lowest BCUT2D eigenvalue weighted by Crippen LogP contribution is -2.57. The van der Waals surface area contributed by atoms with Gasteiger partial charge in [-0.3, -0.25) is 19.2 Å². The molecule has 3 N–H and O–H groups in total. The lowest BCUT2D eigenvalue weighted by atomic mass is 9.85. The first-order valence-corrected chi connectivity index (χ1v) is 17.6. The third kappa shape index (κ3) is 10.9. The van der Waals surface area contributed by atoms with Crippen molar-refractivity contribution in [1.82, 2.24) is 20.5 Å². The van der Waals surface area contributed by atoms with E-state index in [4.69, 9.17) is 14.6 Å². The molecule has 264 valence electrons. The standard InChI is InChI=1S/C37H48N4O7S/c1-24-33(49-23-39-24)27-15-11-25(12-16-27)20-38-35(45)30-19-29(48-22-26-13-17-28(47-5)18-14-26)21-41(30)36(46)34(37(2,3)4)40-31(42)9-7-6-8-10-32(43)44/h11-18,23,29-30,34H,6-10,19-22H2,1-5H3,(H,38,45)(H,40,42)(H,43,44)/t29-,30+,34-/m1/s1. The van der Waals surface area contributed by atoms with E-state index >= 15 is 0 Å². The number of nitrogens with one attached hydrogen (secondary N) is 2. The third-order valence-electron chi connectivity index (χ3n) is 8.63. The molecule has 3 atom stereocenters. The van der Waals surface area contributed by atoms with E-state index in [1.54, 1.807) is 23.3 Å². The molecule has 0 unspecified atom stereocenters. The smallest absolute Gasteiger partial charge is 0.303 e. The van der Waals surface area contributed by atoms with Crippen LogP contribution in [-0.4, -0.2) is 70.5 Å². The minimum Gasteiger partial charge on any atom is -0.497 e. The SMILES string of the molecule is COc1ccc(CO[C@@H]2C[C@@H](C(=O)NCc3ccc(-c4scnc4C)cc3)N(C(=O)[C@@H](NC(=O)CCCCCC(=O)O)C(C)(C)C)C2)cc1. The molecule has 0 bridgehead atoms. The Balaban J connectivity index is 1.45. The second-order valence-electron chi connectivity index (χ2n) is 13.5. The maximum atomic E-state index is 14.2. The first-order valence-electron chi connectivity index (χ1n) is 16.7. The second-order valence-corrected chi connectivity index (χ2v) is 14.4. The van der Waals surface area contributed by atoms with Crippen molar-refractivity contribution in [2.45, 2.75) is 97.6 Å². The number of rotatable bonds is 16. The molecule has 12 heteroatoms. The predicted octanol–water partition coefficient (Wildman–Crippen LogP) is 5.50. The van der Waals surface area contributed by atoms with E-state index in [0.717, 1.165) is 33.0 Å². The monoisotopic (exact) mass is 692 g/mol. The van der Waals surface area contributed by atoms with Crippen molar-refractivity contribution in [3.63, 3.8) is 0 Å². The molecule has 0 aliphatic carbocycles. The summed E-state index contributed by atoms with van der Waals surface area (Å²) >= 11 is 1.58. The summed E-state index contributed by atoms with van der Waals surface area (Å²) in [5.41, 5.74) is 5.08. The van der Waals surface area contributed by atoms with Gasteiger partial charge in [0, 0.05) is 32.4 Å². The molecule has 0 spiro atoms. The topological polar surface area (TPSA) is 147 Å². The van der Waals surface area contributed by atoms with Crippen molar-refractivity contribution in [2.75, 3.05) is 13.7 Å². The molecule has 2 heterocycles. The number of likely N-dealkylation sites (tertiary alicyclic amines) is 1. The number of carboxylic acids is 1. The van der Waals surface area contributed by atoms with E-state index in [2.05, 4.69) is 15.6 Å². The summed E-state index contributed by atoms with van der Waals surface area (Å²) in [5.74, 6) is -1.04. The molecule has 0 radical (unpaired) electrons. The highest BCUT2D eigenvalue weighted by molar-refractivity contribution is 7.13. The van der Waals surface area contributed by atoms with Crippen LogP contribution in [0.5, 0.6) is 5.75 Å². The zero-order chi connectivity index (χ0) is 35.6. The number of carbonyl (C=O) groups excluding carboxylic acids is 3. The molecule has 1 fully saturated rings. The van der Waals surface area contributed by atoms with Crippen LogP contribution in [0.3, 0.4) is 0 Å². The van der Waals surface area contributed by atoms with Crippen molar-refractivity contribution in [2.24, 2.45) is 5.41 Å². The number of hydrogen-bond acceptors (Lipinski definition) is 8. The number of carboxylic acid groups (broad SMARTS) is 1. The number of methoxy groups -OCH3 is 1. The van der Waals surface area contributed by atoms with Gasteiger partial charge >= 0.3 is 5.97 Å². The molecule has 3 amide bonds. The third-order valence-corrected chi connectivity index (χ3v) is 9.61. The van der Waals surface area contributed by atoms with E-state index in [-0.39, 0.29) is 43.7 Å². The van der Waals surface area contributed by atoms with Crippen molar-refractivity contribution in [3.05, 3.63) is 70.9 Å². The number of unbranched alkanes of at least 4 members (excludes halogenated alkanes) is 2. The minimum atomic E-state index is -0.877. The normalized spacial score (nSPS) is 16.6. The molecule has 2 aromatic carbocycles. The first-order chi connectivity index (χ1) is 23.3. The van der Waals surface area contributed by atoms with Crippen LogP contribution < -0.4 is 15.4 Å². The number of nitrogens with zero attached hydrogens (tertiary/aromatic N) is 2. The van der Waals surface area contributed by atoms with Crippen molar-refractivity contribution >= 4 is 35.0 Å². The molecular weight excluding hydrogens is 644 g/mol. The van der Waals surface area contributed by atoms with Crippen LogP contribution >= 0.6 is 11.3 Å². The van der Waals surface area contributed by atoms with Crippen LogP contribution in [-0.2, 0) is 37.1 Å². The van der Waals surface area contributed by atoms with Crippen molar-refractivity contribution in [3.8, 4) is 16.2 Å². The Hall–Kier alpha value is -4.29. The van der Waals surface area contributed by atoms with Gasteiger partial charge in [0.05, 0.1) is 35.9 Å². The average molecular weight is 693 g/mol. The molecule has 1 aliphatic rings. The molecule has 3 aromatic rings. The lowest BCUT2D eigenvalue weighted by molar-refractivity contribution is -0.144. The number of carbonyl (C=O) groups is 4. The van der Waals surface area contributed by atoms with Crippen LogP contribution in [0.1, 0.15) is 76.1 Å². The first kappa shape index (κ1) is 37.5. The average Bonchev–Trinajstić information content (AvgIpc) is 3.71. The van der Waals surface area contributed by atoms with Crippen LogP contribution in [0, 0.1) is 12.3 Å². The summed E-state index contributed by atoms with van der Waals surface area (Å²) in [6.07, 6.45) is 1.76. The van der Waals surface area contributed by atoms with Crippen LogP contribution in [0.2, 0.25) is 0 Å². The molecular formula is C37H48N4O7S. The summed E-state index contributed by atoms with van der Waals surface area (Å²) in [7, 11) is 1.61. The van der Waals surface area contributed by atoms with Gasteiger partial charge in [-0.1, -0.05) is 63.6 Å². The summed E-state index contributed by atoms with van der Waals surface area (Å²) in [5, 5.41) is 14.8. The Morgan fingerprint density at radius 2 is 1.67 bits per heavy atom.